The molecule has 0 fully saturated rings. The standard InChI is InChI=1S/C10H17I2NO4/c1-7(11)9(14)16-5-3-13-4-6-17-10(15)8(2)12/h7-8,13H,3-6H2,1-2H3/p+1. The molecule has 2 N–H and O–H groups in total. The number of hydrogen-bond acceptors (Lipinski definition) is 4. The number of alkyl halides is 2. The number of nitrogens with two attached hydrogens (primary N) is 1. The number of carbonyl (C=O) groups excluding carboxylic acids is 2. The smallest absolute Gasteiger partial charge is 0.318 e. The van der Waals surface area contributed by atoms with Gasteiger partial charge in [-0.05, 0) is 13.8 Å². The van der Waals surface area contributed by atoms with E-state index in [4.69, 9.17) is 9.47 Å². The number of rotatable bonds is 8. The highest BCUT2D eigenvalue weighted by molar-refractivity contribution is 14.1. The van der Waals surface area contributed by atoms with Crippen LogP contribution in [0.3, 0.4) is 0 Å². The summed E-state index contributed by atoms with van der Waals surface area (Å²) in [5, 5.41) is 1.95. The molecule has 0 rings (SSSR count). The van der Waals surface area contributed by atoms with E-state index in [1.807, 2.05) is 50.5 Å². The molecule has 0 bridgehead atoms. The maximum absolute atomic E-state index is 11.1. The van der Waals surface area contributed by atoms with Crippen LogP contribution in [0.25, 0.3) is 0 Å². The highest BCUT2D eigenvalue weighted by Gasteiger charge is 2.10. The summed E-state index contributed by atoms with van der Waals surface area (Å²) in [5.74, 6) is -0.381. The van der Waals surface area contributed by atoms with E-state index in [1.54, 1.807) is 13.8 Å². The van der Waals surface area contributed by atoms with Gasteiger partial charge in [0, 0.05) is 0 Å². The average Bonchev–Trinajstić information content (AvgIpc) is 2.26. The Morgan fingerprint density at radius 1 is 1.00 bits per heavy atom. The molecule has 2 atom stereocenters. The summed E-state index contributed by atoms with van der Waals surface area (Å²) in [6, 6.07) is 0. The summed E-state index contributed by atoms with van der Waals surface area (Å²) >= 11 is 4.03. The maximum Gasteiger partial charge on any atom is 0.318 e. The molecule has 7 heteroatoms. The van der Waals surface area contributed by atoms with Gasteiger partial charge in [0.2, 0.25) is 0 Å². The van der Waals surface area contributed by atoms with E-state index >= 15 is 0 Å². The Labute approximate surface area is 129 Å². The molecule has 0 amide bonds. The van der Waals surface area contributed by atoms with Crippen LogP contribution in [-0.4, -0.2) is 46.1 Å². The summed E-state index contributed by atoms with van der Waals surface area (Å²) in [4.78, 5) is 22.2. The van der Waals surface area contributed by atoms with Crippen molar-refractivity contribution in [3.63, 3.8) is 0 Å². The van der Waals surface area contributed by atoms with E-state index in [1.165, 1.54) is 0 Å². The number of esters is 2. The first-order valence-electron chi connectivity index (χ1n) is 5.38. The van der Waals surface area contributed by atoms with Gasteiger partial charge in [-0.2, -0.15) is 0 Å². The fourth-order valence-electron chi connectivity index (χ4n) is 0.860. The van der Waals surface area contributed by atoms with Crippen molar-refractivity contribution in [2.24, 2.45) is 0 Å². The third-order valence-electron chi connectivity index (χ3n) is 1.78. The SMILES string of the molecule is CC(I)C(=O)OCC[NH2+]CCOC(=O)C(C)I. The number of hydrogen-bond donors (Lipinski definition) is 1. The summed E-state index contributed by atoms with van der Waals surface area (Å²) in [7, 11) is 0. The van der Waals surface area contributed by atoms with Crippen molar-refractivity contribution in [2.45, 2.75) is 21.7 Å². The fraction of sp³-hybridized carbons (Fsp3) is 0.800. The second-order valence-corrected chi connectivity index (χ2v) is 7.17. The minimum absolute atomic E-state index is 0.112. The van der Waals surface area contributed by atoms with E-state index in [0.717, 1.165) is 0 Å². The number of halogens is 2. The minimum atomic E-state index is -0.191. The molecular formula is C10H18I2NO4+. The van der Waals surface area contributed by atoms with Crippen molar-refractivity contribution in [1.29, 1.82) is 0 Å². The normalized spacial score (nSPS) is 13.9. The Hall–Kier alpha value is 0.360. The lowest BCUT2D eigenvalue weighted by Crippen LogP contribution is -2.86. The zero-order valence-corrected chi connectivity index (χ0v) is 14.3. The quantitative estimate of drug-likeness (QED) is 0.240. The molecule has 0 aliphatic rings. The van der Waals surface area contributed by atoms with E-state index < -0.39 is 0 Å². The summed E-state index contributed by atoms with van der Waals surface area (Å²) in [6.07, 6.45) is 0. The van der Waals surface area contributed by atoms with Crippen molar-refractivity contribution in [3.05, 3.63) is 0 Å². The fourth-order valence-corrected chi connectivity index (χ4v) is 1.22. The van der Waals surface area contributed by atoms with Gasteiger partial charge in [0.15, 0.2) is 0 Å². The van der Waals surface area contributed by atoms with Crippen LogP contribution in [0.2, 0.25) is 0 Å². The largest absolute Gasteiger partial charge is 0.459 e. The van der Waals surface area contributed by atoms with Crippen molar-refractivity contribution in [1.82, 2.24) is 0 Å². The highest BCUT2D eigenvalue weighted by Crippen LogP contribution is 2.00. The molecule has 0 heterocycles. The molecule has 0 aliphatic heterocycles. The molecule has 0 saturated heterocycles. The second-order valence-electron chi connectivity index (χ2n) is 3.43. The van der Waals surface area contributed by atoms with Gasteiger partial charge in [-0.3, -0.25) is 9.59 Å². The average molecular weight is 470 g/mol. The zero-order valence-electron chi connectivity index (χ0n) is 9.95. The maximum atomic E-state index is 11.1. The third kappa shape index (κ3) is 10.0. The third-order valence-corrected chi connectivity index (χ3v) is 2.80. The van der Waals surface area contributed by atoms with Crippen LogP contribution in [0.4, 0.5) is 0 Å². The molecule has 0 spiro atoms. The van der Waals surface area contributed by atoms with Gasteiger partial charge in [0.05, 0.1) is 0 Å². The highest BCUT2D eigenvalue weighted by atomic mass is 127. The molecule has 0 aromatic carbocycles. The summed E-state index contributed by atoms with van der Waals surface area (Å²) in [6.45, 7) is 5.74. The van der Waals surface area contributed by atoms with Crippen LogP contribution >= 0.6 is 45.2 Å². The first-order chi connectivity index (χ1) is 7.95. The number of quaternary nitrogens is 1. The zero-order chi connectivity index (χ0) is 13.3. The van der Waals surface area contributed by atoms with Crippen LogP contribution in [0.15, 0.2) is 0 Å². The van der Waals surface area contributed by atoms with E-state index in [-0.39, 0.29) is 19.8 Å². The van der Waals surface area contributed by atoms with Crippen LogP contribution in [0.5, 0.6) is 0 Å². The van der Waals surface area contributed by atoms with Crippen molar-refractivity contribution in [3.8, 4) is 0 Å². The number of carbonyl (C=O) groups is 2. The molecule has 0 radical (unpaired) electrons. The molecule has 2 unspecified atom stereocenters. The van der Waals surface area contributed by atoms with Gasteiger partial charge < -0.3 is 14.8 Å². The number of ether oxygens (including phenoxy) is 2. The molecular weight excluding hydrogens is 452 g/mol. The molecule has 0 aromatic rings. The van der Waals surface area contributed by atoms with Crippen molar-refractivity contribution >= 4 is 57.1 Å². The van der Waals surface area contributed by atoms with Crippen LogP contribution in [0, 0.1) is 0 Å². The Balaban J connectivity index is 3.30. The summed E-state index contributed by atoms with van der Waals surface area (Å²) in [5.41, 5.74) is 0. The van der Waals surface area contributed by atoms with Gasteiger partial charge in [0.1, 0.15) is 34.2 Å². The van der Waals surface area contributed by atoms with Crippen LogP contribution < -0.4 is 5.32 Å². The molecule has 17 heavy (non-hydrogen) atoms. The van der Waals surface area contributed by atoms with E-state index in [2.05, 4.69) is 0 Å². The topological polar surface area (TPSA) is 69.2 Å². The Kier molecular flexibility index (Phi) is 10.5. The van der Waals surface area contributed by atoms with Gasteiger partial charge in [0.25, 0.3) is 0 Å². The molecule has 0 aliphatic carbocycles. The monoisotopic (exact) mass is 470 g/mol. The van der Waals surface area contributed by atoms with Gasteiger partial charge in [-0.1, -0.05) is 45.2 Å². The van der Waals surface area contributed by atoms with Crippen LogP contribution in [0.1, 0.15) is 13.8 Å². The van der Waals surface area contributed by atoms with E-state index in [0.29, 0.717) is 26.3 Å². The molecule has 0 saturated carbocycles. The first kappa shape index (κ1) is 17.4. The van der Waals surface area contributed by atoms with E-state index in [9.17, 15) is 9.59 Å². The second kappa shape index (κ2) is 10.3. The molecule has 100 valence electrons. The molecule has 5 nitrogen and oxygen atoms in total. The van der Waals surface area contributed by atoms with Crippen LogP contribution in [-0.2, 0) is 19.1 Å². The Morgan fingerprint density at radius 2 is 1.35 bits per heavy atom. The predicted molar refractivity (Wildman–Crippen MR) is 80.5 cm³/mol. The molecule has 0 aromatic heterocycles. The lowest BCUT2D eigenvalue weighted by molar-refractivity contribution is -0.656. The predicted octanol–water partition coefficient (Wildman–Crippen LogP) is 0.283. The first-order valence-corrected chi connectivity index (χ1v) is 7.87. The van der Waals surface area contributed by atoms with Gasteiger partial charge >= 0.3 is 11.9 Å². The lowest BCUT2D eigenvalue weighted by atomic mass is 10.5. The Morgan fingerprint density at radius 3 is 1.65 bits per heavy atom. The van der Waals surface area contributed by atoms with Gasteiger partial charge in [-0.25, -0.2) is 0 Å². The van der Waals surface area contributed by atoms with Crippen molar-refractivity contribution < 1.29 is 24.4 Å². The van der Waals surface area contributed by atoms with Gasteiger partial charge in [-0.15, -0.1) is 0 Å². The minimum Gasteiger partial charge on any atom is -0.459 e. The van der Waals surface area contributed by atoms with Crippen molar-refractivity contribution in [2.75, 3.05) is 26.3 Å². The summed E-state index contributed by atoms with van der Waals surface area (Å²) < 4.78 is 9.74. The Bertz CT molecular complexity index is 222. The lowest BCUT2D eigenvalue weighted by Gasteiger charge is -2.07.